The number of aliphatic hydroxyl groups excluding tert-OH is 1. The summed E-state index contributed by atoms with van der Waals surface area (Å²) in [6.45, 7) is 0.0851. The summed E-state index contributed by atoms with van der Waals surface area (Å²) in [7, 11) is 0. The number of nitrogens with two attached hydrogens (primary N) is 1. The van der Waals surface area contributed by atoms with Gasteiger partial charge in [-0.25, -0.2) is 4.39 Å². The molecule has 13 heavy (non-hydrogen) atoms. The van der Waals surface area contributed by atoms with Crippen molar-refractivity contribution >= 4 is 0 Å². The van der Waals surface area contributed by atoms with Gasteiger partial charge in [-0.2, -0.15) is 0 Å². The van der Waals surface area contributed by atoms with Gasteiger partial charge in [-0.3, -0.25) is 0 Å². The van der Waals surface area contributed by atoms with E-state index in [0.717, 1.165) is 0 Å². The van der Waals surface area contributed by atoms with Gasteiger partial charge in [0.2, 0.25) is 0 Å². The Morgan fingerprint density at radius 1 is 1.38 bits per heavy atom. The van der Waals surface area contributed by atoms with Crippen molar-refractivity contribution in [3.8, 4) is 5.75 Å². The molecule has 0 aliphatic rings. The van der Waals surface area contributed by atoms with Gasteiger partial charge in [0.25, 0.3) is 0 Å². The zero-order chi connectivity index (χ0) is 9.68. The van der Waals surface area contributed by atoms with Crippen LogP contribution in [0.5, 0.6) is 5.75 Å². The van der Waals surface area contributed by atoms with Gasteiger partial charge in [-0.15, -0.1) is 0 Å². The summed E-state index contributed by atoms with van der Waals surface area (Å²) in [5.41, 5.74) is 5.30. The molecular formula is C9H12FNO2. The first kappa shape index (κ1) is 9.95. The molecule has 0 saturated heterocycles. The minimum Gasteiger partial charge on any atom is -0.487 e. The van der Waals surface area contributed by atoms with Crippen molar-refractivity contribution in [1.82, 2.24) is 0 Å². The Labute approximate surface area is 75.9 Å². The lowest BCUT2D eigenvalue weighted by Gasteiger charge is -2.14. The first-order valence-electron chi connectivity index (χ1n) is 3.99. The van der Waals surface area contributed by atoms with Gasteiger partial charge in [0.15, 0.2) is 0 Å². The van der Waals surface area contributed by atoms with Crippen LogP contribution in [0.25, 0.3) is 0 Å². The van der Waals surface area contributed by atoms with E-state index in [2.05, 4.69) is 0 Å². The summed E-state index contributed by atoms with van der Waals surface area (Å²) in [4.78, 5) is 0. The van der Waals surface area contributed by atoms with Crippen molar-refractivity contribution in [3.05, 3.63) is 30.1 Å². The topological polar surface area (TPSA) is 55.5 Å². The average molecular weight is 185 g/mol. The molecule has 0 bridgehead atoms. The third-order valence-electron chi connectivity index (χ3n) is 1.58. The Hall–Kier alpha value is -1.13. The van der Waals surface area contributed by atoms with E-state index >= 15 is 0 Å². The first-order valence-corrected chi connectivity index (χ1v) is 3.99. The summed E-state index contributed by atoms with van der Waals surface area (Å²) < 4.78 is 17.7. The van der Waals surface area contributed by atoms with E-state index in [-0.39, 0.29) is 19.0 Å². The van der Waals surface area contributed by atoms with Gasteiger partial charge in [-0.05, 0) is 24.3 Å². The Kier molecular flexibility index (Phi) is 3.67. The van der Waals surface area contributed by atoms with Crippen molar-refractivity contribution < 1.29 is 14.2 Å². The largest absolute Gasteiger partial charge is 0.487 e. The zero-order valence-corrected chi connectivity index (χ0v) is 7.11. The SMILES string of the molecule is NCC(CO)Oc1ccc(F)cc1. The van der Waals surface area contributed by atoms with Crippen LogP contribution in [0.3, 0.4) is 0 Å². The fourth-order valence-corrected chi connectivity index (χ4v) is 0.866. The van der Waals surface area contributed by atoms with E-state index < -0.39 is 6.10 Å². The monoisotopic (exact) mass is 185 g/mol. The third-order valence-corrected chi connectivity index (χ3v) is 1.58. The maximum Gasteiger partial charge on any atom is 0.134 e. The van der Waals surface area contributed by atoms with Crippen molar-refractivity contribution in [2.75, 3.05) is 13.2 Å². The third kappa shape index (κ3) is 3.01. The predicted molar refractivity (Wildman–Crippen MR) is 47.0 cm³/mol. The van der Waals surface area contributed by atoms with Crippen LogP contribution in [0.4, 0.5) is 4.39 Å². The number of ether oxygens (including phenoxy) is 1. The smallest absolute Gasteiger partial charge is 0.134 e. The van der Waals surface area contributed by atoms with Crippen LogP contribution in [0.1, 0.15) is 0 Å². The molecular weight excluding hydrogens is 173 g/mol. The fraction of sp³-hybridized carbons (Fsp3) is 0.333. The van der Waals surface area contributed by atoms with E-state index in [1.807, 2.05) is 0 Å². The predicted octanol–water partition coefficient (Wildman–Crippen LogP) is 0.524. The molecule has 3 nitrogen and oxygen atoms in total. The van der Waals surface area contributed by atoms with Gasteiger partial charge in [-0.1, -0.05) is 0 Å². The molecule has 0 fully saturated rings. The summed E-state index contributed by atoms with van der Waals surface area (Å²) in [5, 5.41) is 8.76. The van der Waals surface area contributed by atoms with E-state index in [1.54, 1.807) is 0 Å². The zero-order valence-electron chi connectivity index (χ0n) is 7.11. The van der Waals surface area contributed by atoms with Crippen molar-refractivity contribution in [3.63, 3.8) is 0 Å². The maximum absolute atomic E-state index is 12.5. The number of hydrogen-bond acceptors (Lipinski definition) is 3. The van der Waals surface area contributed by atoms with Crippen molar-refractivity contribution in [2.24, 2.45) is 5.73 Å². The van der Waals surface area contributed by atoms with Crippen LogP contribution in [-0.2, 0) is 0 Å². The van der Waals surface area contributed by atoms with Crippen LogP contribution >= 0.6 is 0 Å². The molecule has 0 aliphatic heterocycles. The second kappa shape index (κ2) is 4.79. The summed E-state index contributed by atoms with van der Waals surface area (Å²) in [6, 6.07) is 5.57. The molecule has 72 valence electrons. The molecule has 4 heteroatoms. The number of benzene rings is 1. The molecule has 0 aliphatic carbocycles. The Bertz CT molecular complexity index is 246. The highest BCUT2D eigenvalue weighted by molar-refractivity contribution is 5.22. The van der Waals surface area contributed by atoms with Gasteiger partial charge in [0.1, 0.15) is 17.7 Å². The second-order valence-electron chi connectivity index (χ2n) is 2.61. The molecule has 0 heterocycles. The molecule has 1 unspecified atom stereocenters. The summed E-state index contributed by atoms with van der Waals surface area (Å²) in [6.07, 6.45) is -0.425. The van der Waals surface area contributed by atoms with E-state index in [9.17, 15) is 4.39 Å². The van der Waals surface area contributed by atoms with Gasteiger partial charge in [0, 0.05) is 6.54 Å². The highest BCUT2D eigenvalue weighted by atomic mass is 19.1. The molecule has 0 radical (unpaired) electrons. The number of hydrogen-bond donors (Lipinski definition) is 2. The average Bonchev–Trinajstić information content (AvgIpc) is 2.17. The van der Waals surface area contributed by atoms with E-state index in [1.165, 1.54) is 24.3 Å². The lowest BCUT2D eigenvalue weighted by Crippen LogP contribution is -2.30. The Morgan fingerprint density at radius 3 is 2.46 bits per heavy atom. The van der Waals surface area contributed by atoms with Crippen LogP contribution in [-0.4, -0.2) is 24.4 Å². The second-order valence-corrected chi connectivity index (χ2v) is 2.61. The quantitative estimate of drug-likeness (QED) is 0.719. The molecule has 0 saturated carbocycles. The van der Waals surface area contributed by atoms with Gasteiger partial charge >= 0.3 is 0 Å². The number of rotatable bonds is 4. The van der Waals surface area contributed by atoms with Crippen LogP contribution in [0.15, 0.2) is 24.3 Å². The highest BCUT2D eigenvalue weighted by Gasteiger charge is 2.05. The van der Waals surface area contributed by atoms with Gasteiger partial charge in [0.05, 0.1) is 6.61 Å². The maximum atomic E-state index is 12.5. The summed E-state index contributed by atoms with van der Waals surface area (Å²) >= 11 is 0. The molecule has 0 aromatic heterocycles. The molecule has 1 atom stereocenters. The number of aliphatic hydroxyl groups is 1. The molecule has 0 amide bonds. The van der Waals surface area contributed by atoms with E-state index in [0.29, 0.717) is 5.75 Å². The Morgan fingerprint density at radius 2 is 2.00 bits per heavy atom. The van der Waals surface area contributed by atoms with E-state index in [4.69, 9.17) is 15.6 Å². The lowest BCUT2D eigenvalue weighted by atomic mass is 10.3. The normalized spacial score (nSPS) is 12.5. The fourth-order valence-electron chi connectivity index (χ4n) is 0.866. The van der Waals surface area contributed by atoms with Crippen LogP contribution < -0.4 is 10.5 Å². The summed E-state index contributed by atoms with van der Waals surface area (Å²) in [5.74, 6) is 0.187. The Balaban J connectivity index is 2.58. The molecule has 3 N–H and O–H groups in total. The van der Waals surface area contributed by atoms with Crippen LogP contribution in [0.2, 0.25) is 0 Å². The number of halogens is 1. The standard InChI is InChI=1S/C9H12FNO2/c10-7-1-3-8(4-2-7)13-9(5-11)6-12/h1-4,9,12H,5-6,11H2. The minimum atomic E-state index is -0.425. The molecule has 1 aromatic carbocycles. The highest BCUT2D eigenvalue weighted by Crippen LogP contribution is 2.12. The van der Waals surface area contributed by atoms with Crippen LogP contribution in [0, 0.1) is 5.82 Å². The molecule has 1 aromatic rings. The van der Waals surface area contributed by atoms with Gasteiger partial charge < -0.3 is 15.6 Å². The van der Waals surface area contributed by atoms with Crippen molar-refractivity contribution in [1.29, 1.82) is 0 Å². The molecule has 0 spiro atoms. The first-order chi connectivity index (χ1) is 6.26. The van der Waals surface area contributed by atoms with Crippen molar-refractivity contribution in [2.45, 2.75) is 6.10 Å². The lowest BCUT2D eigenvalue weighted by molar-refractivity contribution is 0.121. The molecule has 1 rings (SSSR count). The minimum absolute atomic E-state index is 0.145.